The monoisotopic (exact) mass is 372 g/mol. The summed E-state index contributed by atoms with van der Waals surface area (Å²) in [5, 5.41) is 4.63. The normalized spacial score (nSPS) is 10.9. The number of alkyl halides is 3. The average Bonchev–Trinajstić information content (AvgIpc) is 2.55. The number of hydrogen-bond donors (Lipinski definition) is 2. The van der Waals surface area contributed by atoms with Gasteiger partial charge in [-0.2, -0.15) is 13.2 Å². The number of methoxy groups -OCH3 is 1. The Kier molecular flexibility index (Phi) is 5.53. The lowest BCUT2D eigenvalue weighted by Gasteiger charge is -2.12. The summed E-state index contributed by atoms with van der Waals surface area (Å²) in [6.45, 7) is 0. The Labute approximate surface area is 145 Å². The first-order chi connectivity index (χ1) is 11.7. The van der Waals surface area contributed by atoms with E-state index < -0.39 is 23.7 Å². The van der Waals surface area contributed by atoms with Gasteiger partial charge in [0.2, 0.25) is 0 Å². The third-order valence-electron chi connectivity index (χ3n) is 3.11. The number of nitrogens with one attached hydrogen (secondary N) is 2. The second-order valence-corrected chi connectivity index (χ2v) is 5.25. The summed E-state index contributed by atoms with van der Waals surface area (Å²) in [6.07, 6.45) is -4.55. The van der Waals surface area contributed by atoms with Crippen LogP contribution in [-0.4, -0.2) is 19.1 Å². The molecule has 2 rings (SSSR count). The van der Waals surface area contributed by atoms with Gasteiger partial charge in [0, 0.05) is 5.69 Å². The summed E-state index contributed by atoms with van der Waals surface area (Å²) in [5.41, 5.74) is -0.502. The molecule has 9 heteroatoms. The van der Waals surface area contributed by atoms with Crippen LogP contribution in [0.25, 0.3) is 0 Å². The van der Waals surface area contributed by atoms with Gasteiger partial charge in [0.1, 0.15) is 0 Å². The van der Waals surface area contributed by atoms with Crippen LogP contribution in [0.1, 0.15) is 15.9 Å². The molecular weight excluding hydrogens is 361 g/mol. The molecule has 0 bridgehead atoms. The molecule has 0 aliphatic heterocycles. The molecular formula is C16H12ClF3N2O3. The first-order valence-corrected chi connectivity index (χ1v) is 7.21. The van der Waals surface area contributed by atoms with E-state index in [0.717, 1.165) is 18.2 Å². The molecule has 25 heavy (non-hydrogen) atoms. The maximum atomic E-state index is 12.7. The van der Waals surface area contributed by atoms with E-state index in [1.54, 1.807) is 0 Å². The molecule has 0 aromatic heterocycles. The molecule has 0 heterocycles. The molecule has 0 aliphatic carbocycles. The van der Waals surface area contributed by atoms with E-state index in [-0.39, 0.29) is 16.3 Å². The van der Waals surface area contributed by atoms with E-state index in [2.05, 4.69) is 15.4 Å². The predicted molar refractivity (Wildman–Crippen MR) is 86.9 cm³/mol. The standard InChI is InChI=1S/C16H12ClF3N2O3/c1-25-14(23)9-2-5-11(6-3-9)21-15(24)22-13-8-10(16(18,19)20)4-7-12(13)17/h2-8H,1H3,(H2,21,22,24). The van der Waals surface area contributed by atoms with E-state index >= 15 is 0 Å². The molecule has 0 radical (unpaired) electrons. The third kappa shape index (κ3) is 4.87. The largest absolute Gasteiger partial charge is 0.465 e. The number of halogens is 4. The molecule has 0 unspecified atom stereocenters. The summed E-state index contributed by atoms with van der Waals surface area (Å²) in [5.74, 6) is -0.535. The van der Waals surface area contributed by atoms with Crippen LogP contribution in [0.3, 0.4) is 0 Å². The van der Waals surface area contributed by atoms with Crippen LogP contribution in [0.15, 0.2) is 42.5 Å². The molecule has 0 spiro atoms. The maximum absolute atomic E-state index is 12.7. The number of anilines is 2. The summed E-state index contributed by atoms with van der Waals surface area (Å²) < 4.78 is 42.7. The zero-order valence-corrected chi connectivity index (χ0v) is 13.5. The van der Waals surface area contributed by atoms with Crippen molar-refractivity contribution in [3.8, 4) is 0 Å². The van der Waals surface area contributed by atoms with Crippen molar-refractivity contribution in [2.45, 2.75) is 6.18 Å². The summed E-state index contributed by atoms with van der Waals surface area (Å²) in [6, 6.07) is 7.56. The fourth-order valence-electron chi connectivity index (χ4n) is 1.89. The minimum Gasteiger partial charge on any atom is -0.465 e. The number of carbonyl (C=O) groups is 2. The fraction of sp³-hybridized carbons (Fsp3) is 0.125. The van der Waals surface area contributed by atoms with Gasteiger partial charge in [-0.15, -0.1) is 0 Å². The Hall–Kier alpha value is -2.74. The minimum atomic E-state index is -4.55. The van der Waals surface area contributed by atoms with E-state index in [1.807, 2.05) is 0 Å². The van der Waals surface area contributed by atoms with Gasteiger partial charge >= 0.3 is 18.2 Å². The molecule has 5 nitrogen and oxygen atoms in total. The molecule has 2 aromatic rings. The third-order valence-corrected chi connectivity index (χ3v) is 3.44. The highest BCUT2D eigenvalue weighted by Crippen LogP contribution is 2.33. The topological polar surface area (TPSA) is 67.4 Å². The number of carbonyl (C=O) groups excluding carboxylic acids is 2. The molecule has 0 atom stereocenters. The van der Waals surface area contributed by atoms with Crippen molar-refractivity contribution < 1.29 is 27.5 Å². The maximum Gasteiger partial charge on any atom is 0.416 e. The van der Waals surface area contributed by atoms with E-state index in [0.29, 0.717) is 5.69 Å². The minimum absolute atomic E-state index is 0.0378. The van der Waals surface area contributed by atoms with Crippen molar-refractivity contribution in [1.29, 1.82) is 0 Å². The van der Waals surface area contributed by atoms with Gasteiger partial charge in [0.05, 0.1) is 28.9 Å². The Morgan fingerprint density at radius 3 is 2.24 bits per heavy atom. The first kappa shape index (κ1) is 18.6. The molecule has 132 valence electrons. The van der Waals surface area contributed by atoms with Crippen LogP contribution in [0.2, 0.25) is 5.02 Å². The number of esters is 1. The zero-order valence-electron chi connectivity index (χ0n) is 12.8. The molecule has 2 amide bonds. The molecule has 0 aliphatic rings. The Morgan fingerprint density at radius 1 is 1.04 bits per heavy atom. The van der Waals surface area contributed by atoms with Crippen molar-refractivity contribution in [2.24, 2.45) is 0 Å². The van der Waals surface area contributed by atoms with Crippen LogP contribution in [-0.2, 0) is 10.9 Å². The van der Waals surface area contributed by atoms with Crippen molar-refractivity contribution in [3.63, 3.8) is 0 Å². The summed E-state index contributed by atoms with van der Waals surface area (Å²) in [4.78, 5) is 23.2. The number of ether oxygens (including phenoxy) is 1. The van der Waals surface area contributed by atoms with Crippen molar-refractivity contribution in [1.82, 2.24) is 0 Å². The van der Waals surface area contributed by atoms with Crippen LogP contribution >= 0.6 is 11.6 Å². The van der Waals surface area contributed by atoms with Gasteiger partial charge in [-0.25, -0.2) is 9.59 Å². The zero-order chi connectivity index (χ0) is 18.6. The van der Waals surface area contributed by atoms with Crippen LogP contribution in [0.5, 0.6) is 0 Å². The Morgan fingerprint density at radius 2 is 1.68 bits per heavy atom. The van der Waals surface area contributed by atoms with Crippen LogP contribution in [0, 0.1) is 0 Å². The van der Waals surface area contributed by atoms with Gasteiger partial charge in [0.15, 0.2) is 0 Å². The molecule has 2 N–H and O–H groups in total. The molecule has 0 saturated carbocycles. The highest BCUT2D eigenvalue weighted by Gasteiger charge is 2.31. The predicted octanol–water partition coefficient (Wildman–Crippen LogP) is 4.79. The van der Waals surface area contributed by atoms with E-state index in [1.165, 1.54) is 31.4 Å². The van der Waals surface area contributed by atoms with E-state index in [9.17, 15) is 22.8 Å². The quantitative estimate of drug-likeness (QED) is 0.761. The second-order valence-electron chi connectivity index (χ2n) is 4.84. The molecule has 0 saturated heterocycles. The van der Waals surface area contributed by atoms with E-state index in [4.69, 9.17) is 11.6 Å². The first-order valence-electron chi connectivity index (χ1n) is 6.84. The highest BCUT2D eigenvalue weighted by atomic mass is 35.5. The lowest BCUT2D eigenvalue weighted by Crippen LogP contribution is -2.20. The number of benzene rings is 2. The summed E-state index contributed by atoms with van der Waals surface area (Å²) >= 11 is 5.80. The van der Waals surface area contributed by atoms with Crippen molar-refractivity contribution in [3.05, 3.63) is 58.6 Å². The van der Waals surface area contributed by atoms with Crippen molar-refractivity contribution in [2.75, 3.05) is 17.7 Å². The second kappa shape index (κ2) is 7.43. The summed E-state index contributed by atoms with van der Waals surface area (Å²) in [7, 11) is 1.24. The molecule has 2 aromatic carbocycles. The Bertz CT molecular complexity index is 792. The number of rotatable bonds is 3. The lowest BCUT2D eigenvalue weighted by molar-refractivity contribution is -0.137. The average molecular weight is 373 g/mol. The van der Waals surface area contributed by atoms with Gasteiger partial charge in [-0.1, -0.05) is 11.6 Å². The Balaban J connectivity index is 2.09. The number of amides is 2. The van der Waals surface area contributed by atoms with Gasteiger partial charge in [0.25, 0.3) is 0 Å². The van der Waals surface area contributed by atoms with Crippen LogP contribution < -0.4 is 10.6 Å². The number of urea groups is 1. The van der Waals surface area contributed by atoms with Gasteiger partial charge in [-0.05, 0) is 42.5 Å². The fourth-order valence-corrected chi connectivity index (χ4v) is 2.05. The molecule has 0 fully saturated rings. The van der Waals surface area contributed by atoms with Crippen LogP contribution in [0.4, 0.5) is 29.3 Å². The van der Waals surface area contributed by atoms with Crippen molar-refractivity contribution >= 4 is 35.0 Å². The van der Waals surface area contributed by atoms with Gasteiger partial charge in [-0.3, -0.25) is 0 Å². The van der Waals surface area contributed by atoms with Gasteiger partial charge < -0.3 is 15.4 Å². The smallest absolute Gasteiger partial charge is 0.416 e. The lowest BCUT2D eigenvalue weighted by atomic mass is 10.2. The SMILES string of the molecule is COC(=O)c1ccc(NC(=O)Nc2cc(C(F)(F)F)ccc2Cl)cc1. The number of hydrogen-bond acceptors (Lipinski definition) is 3. The highest BCUT2D eigenvalue weighted by molar-refractivity contribution is 6.33.